The Morgan fingerprint density at radius 3 is 2.67 bits per heavy atom. The number of benzene rings is 2. The summed E-state index contributed by atoms with van der Waals surface area (Å²) in [6.07, 6.45) is 0.154. The van der Waals surface area contributed by atoms with E-state index in [1.54, 1.807) is 0 Å². The quantitative estimate of drug-likeness (QED) is 0.715. The van der Waals surface area contributed by atoms with Crippen molar-refractivity contribution in [3.05, 3.63) is 42.0 Å². The Balaban J connectivity index is 2.02. The van der Waals surface area contributed by atoms with Crippen LogP contribution in [0.15, 0.2) is 36.4 Å². The second-order valence-electron chi connectivity index (χ2n) is 5.50. The normalized spacial score (nSPS) is 11.2. The first-order chi connectivity index (χ1) is 10.0. The van der Waals surface area contributed by atoms with Crippen LogP contribution in [0.3, 0.4) is 0 Å². The molecule has 4 nitrogen and oxygen atoms in total. The van der Waals surface area contributed by atoms with E-state index in [0.717, 1.165) is 39.4 Å². The van der Waals surface area contributed by atoms with Crippen molar-refractivity contribution in [1.82, 2.24) is 9.97 Å². The van der Waals surface area contributed by atoms with Gasteiger partial charge in [-0.1, -0.05) is 12.1 Å². The average Bonchev–Trinajstić information content (AvgIpc) is 2.84. The molecular weight excluding hydrogens is 262 g/mol. The van der Waals surface area contributed by atoms with Crippen molar-refractivity contribution in [2.75, 3.05) is 5.73 Å². The lowest BCUT2D eigenvalue weighted by Crippen LogP contribution is -2.05. The number of aryl methyl sites for hydroxylation is 1. The summed E-state index contributed by atoms with van der Waals surface area (Å²) in [6, 6.07) is 11.9. The number of aromatic nitrogens is 2. The second kappa shape index (κ2) is 5.13. The highest BCUT2D eigenvalue weighted by Crippen LogP contribution is 2.26. The van der Waals surface area contributed by atoms with E-state index in [1.165, 1.54) is 0 Å². The summed E-state index contributed by atoms with van der Waals surface area (Å²) in [7, 11) is 0. The molecule has 1 aromatic heterocycles. The molecule has 0 aliphatic rings. The van der Waals surface area contributed by atoms with Crippen LogP contribution in [0.25, 0.3) is 22.4 Å². The number of H-pyrrole nitrogens is 1. The number of ether oxygens (including phenoxy) is 1. The SMILES string of the molecule is Cc1ccc(-c2nc3ccc(OC(C)C)cc3[nH]2)cc1N. The summed E-state index contributed by atoms with van der Waals surface area (Å²) in [6.45, 7) is 6.02. The van der Waals surface area contributed by atoms with Gasteiger partial charge in [0.25, 0.3) is 0 Å². The Bertz CT molecular complexity index is 790. The number of hydrogen-bond donors (Lipinski definition) is 2. The first-order valence-corrected chi connectivity index (χ1v) is 7.06. The molecule has 0 radical (unpaired) electrons. The fraction of sp³-hybridized carbons (Fsp3) is 0.235. The molecule has 21 heavy (non-hydrogen) atoms. The van der Waals surface area contributed by atoms with Crippen LogP contribution in [0, 0.1) is 6.92 Å². The molecule has 0 fully saturated rings. The van der Waals surface area contributed by atoms with Crippen molar-refractivity contribution in [2.24, 2.45) is 0 Å². The maximum absolute atomic E-state index is 5.97. The third-order valence-electron chi connectivity index (χ3n) is 3.38. The number of nitrogen functional groups attached to an aromatic ring is 1. The maximum atomic E-state index is 5.97. The van der Waals surface area contributed by atoms with Crippen LogP contribution in [0.1, 0.15) is 19.4 Å². The third kappa shape index (κ3) is 2.70. The lowest BCUT2D eigenvalue weighted by molar-refractivity contribution is 0.242. The molecule has 0 aliphatic heterocycles. The van der Waals surface area contributed by atoms with Gasteiger partial charge in [0.1, 0.15) is 11.6 Å². The minimum atomic E-state index is 0.154. The van der Waals surface area contributed by atoms with E-state index in [9.17, 15) is 0 Å². The summed E-state index contributed by atoms with van der Waals surface area (Å²) in [5.74, 6) is 1.66. The number of rotatable bonds is 3. The van der Waals surface area contributed by atoms with Gasteiger partial charge in [-0.3, -0.25) is 0 Å². The number of nitrogens with two attached hydrogens (primary N) is 1. The number of anilines is 1. The zero-order valence-corrected chi connectivity index (χ0v) is 12.5. The van der Waals surface area contributed by atoms with Crippen LogP contribution in [0.4, 0.5) is 5.69 Å². The zero-order valence-electron chi connectivity index (χ0n) is 12.5. The Labute approximate surface area is 124 Å². The van der Waals surface area contributed by atoms with Crippen molar-refractivity contribution in [3.63, 3.8) is 0 Å². The fourth-order valence-electron chi connectivity index (χ4n) is 2.26. The van der Waals surface area contributed by atoms with Crippen LogP contribution < -0.4 is 10.5 Å². The number of hydrogen-bond acceptors (Lipinski definition) is 3. The van der Waals surface area contributed by atoms with Gasteiger partial charge < -0.3 is 15.5 Å². The third-order valence-corrected chi connectivity index (χ3v) is 3.38. The highest BCUT2D eigenvalue weighted by Gasteiger charge is 2.08. The molecule has 1 heterocycles. The Hall–Kier alpha value is -2.49. The van der Waals surface area contributed by atoms with Crippen LogP contribution in [-0.4, -0.2) is 16.1 Å². The van der Waals surface area contributed by atoms with Gasteiger partial charge in [-0.2, -0.15) is 0 Å². The van der Waals surface area contributed by atoms with Crippen molar-refractivity contribution in [2.45, 2.75) is 26.9 Å². The summed E-state index contributed by atoms with van der Waals surface area (Å²) < 4.78 is 5.70. The van der Waals surface area contributed by atoms with Gasteiger partial charge in [-0.15, -0.1) is 0 Å². The van der Waals surface area contributed by atoms with Gasteiger partial charge in [0, 0.05) is 17.3 Å². The van der Waals surface area contributed by atoms with Crippen molar-refractivity contribution >= 4 is 16.7 Å². The standard InChI is InChI=1S/C17H19N3O/c1-10(2)21-13-6-7-15-16(9-13)20-17(19-15)12-5-4-11(3)14(18)8-12/h4-10H,18H2,1-3H3,(H,19,20). The Morgan fingerprint density at radius 1 is 1.14 bits per heavy atom. The van der Waals surface area contributed by atoms with Gasteiger partial charge in [-0.05, 0) is 44.5 Å². The van der Waals surface area contributed by atoms with Gasteiger partial charge in [0.15, 0.2) is 0 Å². The lowest BCUT2D eigenvalue weighted by atomic mass is 10.1. The van der Waals surface area contributed by atoms with E-state index >= 15 is 0 Å². The van der Waals surface area contributed by atoms with Gasteiger partial charge in [0.2, 0.25) is 0 Å². The molecule has 3 rings (SSSR count). The van der Waals surface area contributed by atoms with Gasteiger partial charge in [0.05, 0.1) is 17.1 Å². The highest BCUT2D eigenvalue weighted by atomic mass is 16.5. The molecule has 0 aliphatic carbocycles. The lowest BCUT2D eigenvalue weighted by Gasteiger charge is -2.08. The number of imidazole rings is 1. The Morgan fingerprint density at radius 2 is 1.95 bits per heavy atom. The van der Waals surface area contributed by atoms with Crippen LogP contribution >= 0.6 is 0 Å². The predicted molar refractivity (Wildman–Crippen MR) is 86.4 cm³/mol. The second-order valence-corrected chi connectivity index (χ2v) is 5.50. The van der Waals surface area contributed by atoms with E-state index in [4.69, 9.17) is 10.5 Å². The fourth-order valence-corrected chi connectivity index (χ4v) is 2.26. The van der Waals surface area contributed by atoms with Crippen molar-refractivity contribution < 1.29 is 4.74 Å². The van der Waals surface area contributed by atoms with E-state index < -0.39 is 0 Å². The predicted octanol–water partition coefficient (Wildman–Crippen LogP) is 3.91. The van der Waals surface area contributed by atoms with Gasteiger partial charge in [-0.25, -0.2) is 4.98 Å². The van der Waals surface area contributed by atoms with Crippen molar-refractivity contribution in [3.8, 4) is 17.1 Å². The molecule has 3 N–H and O–H groups in total. The number of nitrogens with one attached hydrogen (secondary N) is 1. The minimum Gasteiger partial charge on any atom is -0.491 e. The van der Waals surface area contributed by atoms with Crippen molar-refractivity contribution in [1.29, 1.82) is 0 Å². The smallest absolute Gasteiger partial charge is 0.138 e. The van der Waals surface area contributed by atoms with Crippen LogP contribution in [0.2, 0.25) is 0 Å². The van der Waals surface area contributed by atoms with E-state index in [2.05, 4.69) is 9.97 Å². The highest BCUT2D eigenvalue weighted by molar-refractivity contribution is 5.81. The number of aromatic amines is 1. The number of nitrogens with zero attached hydrogens (tertiary/aromatic N) is 1. The van der Waals surface area contributed by atoms with E-state index in [0.29, 0.717) is 0 Å². The molecule has 0 saturated heterocycles. The van der Waals surface area contributed by atoms with E-state index in [-0.39, 0.29) is 6.10 Å². The van der Waals surface area contributed by atoms with Crippen LogP contribution in [-0.2, 0) is 0 Å². The first kappa shape index (κ1) is 13.5. The number of fused-ring (bicyclic) bond motifs is 1. The van der Waals surface area contributed by atoms with Crippen LogP contribution in [0.5, 0.6) is 5.75 Å². The molecule has 108 valence electrons. The topological polar surface area (TPSA) is 63.9 Å². The molecule has 0 spiro atoms. The minimum absolute atomic E-state index is 0.154. The summed E-state index contributed by atoms with van der Waals surface area (Å²) in [4.78, 5) is 7.93. The monoisotopic (exact) mass is 281 g/mol. The largest absolute Gasteiger partial charge is 0.491 e. The molecule has 0 unspecified atom stereocenters. The molecule has 4 heteroatoms. The van der Waals surface area contributed by atoms with E-state index in [1.807, 2.05) is 57.2 Å². The maximum Gasteiger partial charge on any atom is 0.138 e. The summed E-state index contributed by atoms with van der Waals surface area (Å²) in [5.41, 5.74) is 10.7. The molecule has 0 saturated carbocycles. The molecule has 0 bridgehead atoms. The molecule has 2 aromatic carbocycles. The van der Waals surface area contributed by atoms with Gasteiger partial charge >= 0.3 is 0 Å². The molecular formula is C17H19N3O. The molecule has 0 amide bonds. The zero-order chi connectivity index (χ0) is 15.0. The summed E-state index contributed by atoms with van der Waals surface area (Å²) in [5, 5.41) is 0. The average molecular weight is 281 g/mol. The first-order valence-electron chi connectivity index (χ1n) is 7.06. The summed E-state index contributed by atoms with van der Waals surface area (Å²) >= 11 is 0. The Kier molecular flexibility index (Phi) is 3.29. The molecule has 0 atom stereocenters. The molecule has 3 aromatic rings.